The van der Waals surface area contributed by atoms with Crippen LogP contribution in [0.4, 0.5) is 11.5 Å². The lowest BCUT2D eigenvalue weighted by atomic mass is 10.2. The second kappa shape index (κ2) is 11.5. The highest BCUT2D eigenvalue weighted by Gasteiger charge is 2.25. The van der Waals surface area contributed by atoms with Crippen LogP contribution >= 0.6 is 11.3 Å². The first-order valence-electron chi connectivity index (χ1n) is 12.6. The second-order valence-electron chi connectivity index (χ2n) is 9.53. The molecule has 4 heterocycles. The van der Waals surface area contributed by atoms with Crippen molar-refractivity contribution in [3.05, 3.63) is 58.9 Å². The molecule has 12 heteroatoms. The number of piperazine rings is 1. The molecule has 0 saturated carbocycles. The molecule has 2 aliphatic rings. The summed E-state index contributed by atoms with van der Waals surface area (Å²) < 4.78 is 31.9. The Labute approximate surface area is 227 Å². The average Bonchev–Trinajstić information content (AvgIpc) is 3.30. The number of rotatable bonds is 7. The van der Waals surface area contributed by atoms with E-state index < -0.39 is 10.0 Å². The van der Waals surface area contributed by atoms with Crippen LogP contribution in [-0.2, 0) is 21.3 Å². The van der Waals surface area contributed by atoms with E-state index in [0.29, 0.717) is 50.9 Å². The molecule has 1 aromatic carbocycles. The predicted molar refractivity (Wildman–Crippen MR) is 153 cm³/mol. The zero-order valence-electron chi connectivity index (χ0n) is 21.7. The van der Waals surface area contributed by atoms with E-state index in [-0.39, 0.29) is 0 Å². The first kappa shape index (κ1) is 26.7. The number of aryl methyl sites for hydroxylation is 1. The third-order valence-corrected chi connectivity index (χ3v) is 9.04. The molecule has 0 radical (unpaired) electrons. The minimum Gasteiger partial charge on any atom is -0.405 e. The van der Waals surface area contributed by atoms with Crippen LogP contribution in [0.3, 0.4) is 0 Å². The Hall–Kier alpha value is -2.90. The van der Waals surface area contributed by atoms with Gasteiger partial charge in [0, 0.05) is 50.7 Å². The number of sulfonamides is 1. The van der Waals surface area contributed by atoms with Gasteiger partial charge in [-0.1, -0.05) is 12.1 Å². The monoisotopic (exact) mass is 555 g/mol. The maximum atomic E-state index is 11.9. The maximum Gasteiger partial charge on any atom is 0.211 e. The molecule has 2 fully saturated rings. The zero-order valence-corrected chi connectivity index (χ0v) is 23.3. The first-order valence-corrected chi connectivity index (χ1v) is 15.3. The van der Waals surface area contributed by atoms with Crippen molar-refractivity contribution in [2.24, 2.45) is 10.7 Å². The van der Waals surface area contributed by atoms with Crippen molar-refractivity contribution >= 4 is 48.8 Å². The molecule has 10 nitrogen and oxygen atoms in total. The Kier molecular flexibility index (Phi) is 8.05. The van der Waals surface area contributed by atoms with E-state index >= 15 is 0 Å². The lowest BCUT2D eigenvalue weighted by molar-refractivity contribution is 0.122. The zero-order chi connectivity index (χ0) is 26.7. The van der Waals surface area contributed by atoms with E-state index in [0.717, 1.165) is 46.9 Å². The van der Waals surface area contributed by atoms with Crippen LogP contribution in [-0.4, -0.2) is 92.0 Å². The van der Waals surface area contributed by atoms with Gasteiger partial charge in [-0.05, 0) is 43.0 Å². The first-order chi connectivity index (χ1) is 18.3. The molecule has 3 aromatic rings. The highest BCUT2D eigenvalue weighted by Crippen LogP contribution is 2.34. The van der Waals surface area contributed by atoms with Crippen LogP contribution in [0.1, 0.15) is 16.3 Å². The molecule has 2 N–H and O–H groups in total. The van der Waals surface area contributed by atoms with E-state index in [1.165, 1.54) is 17.3 Å². The molecule has 0 bridgehead atoms. The van der Waals surface area contributed by atoms with Crippen molar-refractivity contribution in [3.8, 4) is 0 Å². The van der Waals surface area contributed by atoms with Crippen molar-refractivity contribution in [1.29, 1.82) is 0 Å². The lowest BCUT2D eigenvalue weighted by Crippen LogP contribution is -2.47. The molecule has 0 unspecified atom stereocenters. The number of thiophene rings is 1. The summed E-state index contributed by atoms with van der Waals surface area (Å²) in [6.45, 7) is 7.99. The van der Waals surface area contributed by atoms with Gasteiger partial charge in [0.25, 0.3) is 0 Å². The fourth-order valence-electron chi connectivity index (χ4n) is 4.68. The fraction of sp³-hybridized carbons (Fsp3) is 0.423. The number of ether oxygens (including phenoxy) is 1. The van der Waals surface area contributed by atoms with E-state index in [2.05, 4.69) is 15.9 Å². The van der Waals surface area contributed by atoms with Gasteiger partial charge in [-0.15, -0.1) is 11.3 Å². The summed E-state index contributed by atoms with van der Waals surface area (Å²) in [5.41, 5.74) is 9.20. The Morgan fingerprint density at radius 2 is 1.89 bits per heavy atom. The van der Waals surface area contributed by atoms with Gasteiger partial charge >= 0.3 is 0 Å². The van der Waals surface area contributed by atoms with Crippen LogP contribution in [0.25, 0.3) is 10.2 Å². The molecule has 0 atom stereocenters. The molecule has 5 rings (SSSR count). The molecular formula is C26H33N7O3S2. The van der Waals surface area contributed by atoms with Crippen molar-refractivity contribution in [3.63, 3.8) is 0 Å². The quantitative estimate of drug-likeness (QED) is 0.442. The number of allylic oxidation sites excluding steroid dienone is 1. The molecule has 2 aliphatic heterocycles. The van der Waals surface area contributed by atoms with E-state index in [4.69, 9.17) is 25.4 Å². The van der Waals surface area contributed by atoms with Gasteiger partial charge in [0.15, 0.2) is 11.6 Å². The molecule has 202 valence electrons. The smallest absolute Gasteiger partial charge is 0.211 e. The number of benzene rings is 1. The number of anilines is 1. The van der Waals surface area contributed by atoms with Crippen molar-refractivity contribution in [2.45, 2.75) is 13.5 Å². The largest absolute Gasteiger partial charge is 0.405 e. The van der Waals surface area contributed by atoms with Crippen LogP contribution in [0, 0.1) is 6.92 Å². The molecule has 0 amide bonds. The SMILES string of the molecule is Cc1cccc(N=C(/C=C\N)c2nc(N3CCOCC3)c3sc(CN4CCN(S(C)(=O)=O)CC4)cc3n2)c1. The summed E-state index contributed by atoms with van der Waals surface area (Å²) >= 11 is 1.69. The van der Waals surface area contributed by atoms with Gasteiger partial charge < -0.3 is 15.4 Å². The van der Waals surface area contributed by atoms with Gasteiger partial charge in [-0.3, -0.25) is 4.90 Å². The number of hydrogen-bond acceptors (Lipinski definition) is 10. The number of hydrogen-bond donors (Lipinski definition) is 1. The Morgan fingerprint density at radius 1 is 1.13 bits per heavy atom. The van der Waals surface area contributed by atoms with Gasteiger partial charge in [-0.2, -0.15) is 4.31 Å². The molecular weight excluding hydrogens is 522 g/mol. The van der Waals surface area contributed by atoms with Crippen LogP contribution in [0.2, 0.25) is 0 Å². The average molecular weight is 556 g/mol. The van der Waals surface area contributed by atoms with E-state index in [9.17, 15) is 8.42 Å². The molecule has 2 saturated heterocycles. The normalized spacial score (nSPS) is 18.6. The highest BCUT2D eigenvalue weighted by molar-refractivity contribution is 7.88. The van der Waals surface area contributed by atoms with Crippen molar-refractivity contribution < 1.29 is 13.2 Å². The van der Waals surface area contributed by atoms with Crippen molar-refractivity contribution in [1.82, 2.24) is 19.2 Å². The van der Waals surface area contributed by atoms with Gasteiger partial charge in [0.2, 0.25) is 10.0 Å². The number of aliphatic imine (C=N–C) groups is 1. The standard InChI is InChI=1S/C26H33N7O3S2/c1-19-4-3-5-20(16-19)28-22(6-7-27)25-29-23-17-21(18-31-8-10-33(11-9-31)38(2,34)35)37-24(23)26(30-25)32-12-14-36-15-13-32/h3-7,16-17H,8-15,18,27H2,1-2H3/b7-6-,28-22?. The second-order valence-corrected chi connectivity index (χ2v) is 12.6. The summed E-state index contributed by atoms with van der Waals surface area (Å²) in [7, 11) is -3.15. The topological polar surface area (TPSA) is 117 Å². The number of fused-ring (bicyclic) bond motifs is 1. The summed E-state index contributed by atoms with van der Waals surface area (Å²) in [4.78, 5) is 20.5. The van der Waals surface area contributed by atoms with Crippen molar-refractivity contribution in [2.75, 3.05) is 63.6 Å². The third kappa shape index (κ3) is 6.21. The number of nitrogens with zero attached hydrogens (tertiary/aromatic N) is 6. The lowest BCUT2D eigenvalue weighted by Gasteiger charge is -2.32. The molecule has 0 aliphatic carbocycles. The number of morpholine rings is 1. The Bertz CT molecular complexity index is 1450. The summed E-state index contributed by atoms with van der Waals surface area (Å²) in [6.07, 6.45) is 4.47. The molecule has 2 aromatic heterocycles. The maximum absolute atomic E-state index is 11.9. The molecule has 38 heavy (non-hydrogen) atoms. The van der Waals surface area contributed by atoms with Gasteiger partial charge in [-0.25, -0.2) is 23.4 Å². The third-order valence-electron chi connectivity index (χ3n) is 6.63. The van der Waals surface area contributed by atoms with E-state index in [1.54, 1.807) is 21.7 Å². The van der Waals surface area contributed by atoms with E-state index in [1.807, 2.05) is 31.2 Å². The summed E-state index contributed by atoms with van der Waals surface area (Å²) in [6, 6.07) is 10.1. The van der Waals surface area contributed by atoms with Crippen LogP contribution in [0.5, 0.6) is 0 Å². The van der Waals surface area contributed by atoms with Gasteiger partial charge in [0.05, 0.1) is 35.4 Å². The van der Waals surface area contributed by atoms with Gasteiger partial charge in [0.1, 0.15) is 5.71 Å². The Balaban J connectivity index is 1.50. The highest BCUT2D eigenvalue weighted by atomic mass is 32.2. The summed E-state index contributed by atoms with van der Waals surface area (Å²) in [5.74, 6) is 1.40. The predicted octanol–water partition coefficient (Wildman–Crippen LogP) is 2.51. The number of nitrogens with two attached hydrogens (primary N) is 1. The minimum atomic E-state index is -3.15. The van der Waals surface area contributed by atoms with Crippen LogP contribution in [0.15, 0.2) is 47.6 Å². The minimum absolute atomic E-state index is 0.511. The summed E-state index contributed by atoms with van der Waals surface area (Å²) in [5, 5.41) is 0. The molecule has 0 spiro atoms. The van der Waals surface area contributed by atoms with Crippen LogP contribution < -0.4 is 10.6 Å². The fourth-order valence-corrected chi connectivity index (χ4v) is 6.66. The Morgan fingerprint density at radius 3 is 2.58 bits per heavy atom. The number of aromatic nitrogens is 2.